The Morgan fingerprint density at radius 1 is 1.09 bits per heavy atom. The van der Waals surface area contributed by atoms with Crippen molar-refractivity contribution in [3.8, 4) is 22.5 Å². The molecule has 0 saturated carbocycles. The highest BCUT2D eigenvalue weighted by Crippen LogP contribution is 2.42. The summed E-state index contributed by atoms with van der Waals surface area (Å²) in [6.07, 6.45) is 0. The number of H-pyrrole nitrogens is 2. The van der Waals surface area contributed by atoms with E-state index in [0.29, 0.717) is 16.6 Å². The van der Waals surface area contributed by atoms with E-state index in [0.717, 1.165) is 11.0 Å². The Labute approximate surface area is 197 Å². The molecule has 2 amide bonds. The molecule has 0 atom stereocenters. The van der Waals surface area contributed by atoms with E-state index in [1.807, 2.05) is 0 Å². The SMILES string of the molecule is NC(=O)N1CC(S(=O)(=O)c2ccc(-c3cccc4[nH]c(N)nc34)c(-c3nn[nH]n3)c2S(N)(=O)=O)C1. The van der Waals surface area contributed by atoms with Crippen LogP contribution in [0.25, 0.3) is 33.5 Å². The van der Waals surface area contributed by atoms with E-state index in [1.165, 1.54) is 6.07 Å². The van der Waals surface area contributed by atoms with Gasteiger partial charge in [0.05, 0.1) is 21.5 Å². The minimum Gasteiger partial charge on any atom is -0.369 e. The number of nitrogen functional groups attached to an aromatic ring is 1. The van der Waals surface area contributed by atoms with E-state index in [2.05, 4.69) is 30.6 Å². The van der Waals surface area contributed by atoms with Gasteiger partial charge in [0.15, 0.2) is 15.8 Å². The molecule has 182 valence electrons. The number of rotatable bonds is 5. The number of nitrogens with zero attached hydrogens (tertiary/aromatic N) is 5. The van der Waals surface area contributed by atoms with E-state index in [-0.39, 0.29) is 36.0 Å². The molecule has 17 heteroatoms. The van der Waals surface area contributed by atoms with Crippen molar-refractivity contribution in [3.63, 3.8) is 0 Å². The monoisotopic (exact) mass is 518 g/mol. The number of anilines is 1. The molecule has 35 heavy (non-hydrogen) atoms. The van der Waals surface area contributed by atoms with Crippen molar-refractivity contribution in [1.82, 2.24) is 35.5 Å². The van der Waals surface area contributed by atoms with Gasteiger partial charge < -0.3 is 21.4 Å². The molecule has 1 fully saturated rings. The molecule has 1 aliphatic rings. The molecular formula is C18H18N10O5S2. The van der Waals surface area contributed by atoms with Crippen LogP contribution >= 0.6 is 0 Å². The number of aromatic nitrogens is 6. The largest absolute Gasteiger partial charge is 0.369 e. The second-order valence-electron chi connectivity index (χ2n) is 7.83. The van der Waals surface area contributed by atoms with E-state index in [1.54, 1.807) is 18.2 Å². The quantitative estimate of drug-likeness (QED) is 0.219. The first-order valence-corrected chi connectivity index (χ1v) is 13.0. The number of fused-ring (bicyclic) bond motifs is 1. The van der Waals surface area contributed by atoms with Crippen LogP contribution in [0.5, 0.6) is 0 Å². The third kappa shape index (κ3) is 3.65. The number of likely N-dealkylation sites (tertiary alicyclic amines) is 1. The summed E-state index contributed by atoms with van der Waals surface area (Å²) in [5, 5.41) is 18.0. The smallest absolute Gasteiger partial charge is 0.314 e. The zero-order valence-electron chi connectivity index (χ0n) is 17.7. The minimum absolute atomic E-state index is 0.128. The Morgan fingerprint density at radius 3 is 2.46 bits per heavy atom. The van der Waals surface area contributed by atoms with Crippen LogP contribution in [-0.4, -0.2) is 76.7 Å². The number of benzene rings is 2. The van der Waals surface area contributed by atoms with Gasteiger partial charge >= 0.3 is 6.03 Å². The average Bonchev–Trinajstić information content (AvgIpc) is 3.39. The van der Waals surface area contributed by atoms with Crippen LogP contribution in [0, 0.1) is 0 Å². The Bertz CT molecular complexity index is 1690. The van der Waals surface area contributed by atoms with Crippen LogP contribution in [0.15, 0.2) is 40.1 Å². The van der Waals surface area contributed by atoms with Gasteiger partial charge in [0, 0.05) is 18.7 Å². The number of nitrogens with two attached hydrogens (primary N) is 3. The fourth-order valence-electron chi connectivity index (χ4n) is 4.05. The van der Waals surface area contributed by atoms with E-state index in [4.69, 9.17) is 16.6 Å². The second-order valence-corrected chi connectivity index (χ2v) is 11.5. The first kappa shape index (κ1) is 22.7. The van der Waals surface area contributed by atoms with Gasteiger partial charge in [-0.3, -0.25) is 0 Å². The molecule has 2 aromatic carbocycles. The lowest BCUT2D eigenvalue weighted by molar-refractivity contribution is 0.178. The lowest BCUT2D eigenvalue weighted by atomic mass is 9.98. The fourth-order valence-corrected chi connectivity index (χ4v) is 7.31. The number of hydrogen-bond acceptors (Lipinski definition) is 10. The van der Waals surface area contributed by atoms with Crippen LogP contribution in [0.4, 0.5) is 10.7 Å². The zero-order chi connectivity index (χ0) is 25.1. The van der Waals surface area contributed by atoms with E-state index >= 15 is 0 Å². The molecule has 0 bridgehead atoms. The number of tetrazole rings is 1. The minimum atomic E-state index is -4.66. The standard InChI is InChI=1S/C18H18N10O5S2/c19-17-22-11-3-1-2-10(14(11)23-17)9-4-5-12(34(30,31)8-6-28(7-8)18(20)29)15(35(21,32)33)13(9)16-24-26-27-25-16/h1-5,8H,6-7H2,(H2,20,29)(H3,19,22,23)(H2,21,32,33)(H,24,25,26,27). The van der Waals surface area contributed by atoms with Gasteiger partial charge in [-0.05, 0) is 22.9 Å². The van der Waals surface area contributed by atoms with Crippen molar-refractivity contribution < 1.29 is 21.6 Å². The second kappa shape index (κ2) is 7.72. The molecule has 3 heterocycles. The molecular weight excluding hydrogens is 500 g/mol. The summed E-state index contributed by atoms with van der Waals surface area (Å²) in [6, 6.07) is 6.84. The van der Waals surface area contributed by atoms with Crippen molar-refractivity contribution >= 4 is 42.9 Å². The summed E-state index contributed by atoms with van der Waals surface area (Å²) in [7, 11) is -8.93. The van der Waals surface area contributed by atoms with Gasteiger partial charge in [-0.15, -0.1) is 10.2 Å². The molecule has 4 aromatic rings. The summed E-state index contributed by atoms with van der Waals surface area (Å²) in [6.45, 7) is -0.375. The molecule has 0 unspecified atom stereocenters. The molecule has 0 radical (unpaired) electrons. The highest BCUT2D eigenvalue weighted by atomic mass is 32.2. The number of carbonyl (C=O) groups is 1. The first-order valence-electron chi connectivity index (χ1n) is 9.95. The molecule has 15 nitrogen and oxygen atoms in total. The normalized spacial score (nSPS) is 14.8. The number of amides is 2. The van der Waals surface area contributed by atoms with Crippen LogP contribution in [0.1, 0.15) is 0 Å². The van der Waals surface area contributed by atoms with Crippen LogP contribution in [0.2, 0.25) is 0 Å². The summed E-state index contributed by atoms with van der Waals surface area (Å²) in [4.78, 5) is 18.3. The van der Waals surface area contributed by atoms with Crippen LogP contribution < -0.4 is 16.6 Å². The van der Waals surface area contributed by atoms with Crippen molar-refractivity contribution in [3.05, 3.63) is 30.3 Å². The molecule has 5 rings (SSSR count). The van der Waals surface area contributed by atoms with Gasteiger partial charge in [-0.25, -0.2) is 31.8 Å². The lowest BCUT2D eigenvalue weighted by Crippen LogP contribution is -2.58. The van der Waals surface area contributed by atoms with Crippen molar-refractivity contribution in [2.24, 2.45) is 10.9 Å². The summed E-state index contributed by atoms with van der Waals surface area (Å²) < 4.78 is 52.6. The molecule has 2 aromatic heterocycles. The molecule has 1 saturated heterocycles. The lowest BCUT2D eigenvalue weighted by Gasteiger charge is -2.37. The molecule has 8 N–H and O–H groups in total. The number of para-hydroxylation sites is 1. The van der Waals surface area contributed by atoms with Crippen molar-refractivity contribution in [2.45, 2.75) is 15.0 Å². The molecule has 0 aliphatic carbocycles. The highest BCUT2D eigenvalue weighted by molar-refractivity contribution is 7.94. The zero-order valence-corrected chi connectivity index (χ0v) is 19.3. The van der Waals surface area contributed by atoms with E-state index in [9.17, 15) is 21.6 Å². The Kier molecular flexibility index (Phi) is 5.00. The van der Waals surface area contributed by atoms with E-state index < -0.39 is 40.9 Å². The van der Waals surface area contributed by atoms with Gasteiger partial charge in [0.1, 0.15) is 10.1 Å². The number of sulfonamides is 1. The number of aromatic amines is 2. The number of nitrogens with one attached hydrogen (secondary N) is 2. The maximum absolute atomic E-state index is 13.4. The predicted octanol–water partition coefficient (Wildman–Crippen LogP) is -0.824. The van der Waals surface area contributed by atoms with Gasteiger partial charge in [-0.2, -0.15) is 5.21 Å². The Balaban J connectivity index is 1.81. The number of urea groups is 1. The Morgan fingerprint density at radius 2 is 1.83 bits per heavy atom. The Hall–Kier alpha value is -4.09. The van der Waals surface area contributed by atoms with Crippen LogP contribution in [-0.2, 0) is 19.9 Å². The van der Waals surface area contributed by atoms with Gasteiger partial charge in [0.2, 0.25) is 15.8 Å². The number of primary amides is 1. The number of imidazole rings is 1. The third-order valence-corrected chi connectivity index (χ3v) is 8.95. The van der Waals surface area contributed by atoms with Crippen molar-refractivity contribution in [1.29, 1.82) is 0 Å². The maximum atomic E-state index is 13.4. The summed E-state index contributed by atoms with van der Waals surface area (Å²) in [5.41, 5.74) is 12.4. The average molecular weight is 519 g/mol. The summed E-state index contributed by atoms with van der Waals surface area (Å²) in [5.74, 6) is -0.0719. The number of carbonyl (C=O) groups excluding carboxylic acids is 1. The van der Waals surface area contributed by atoms with Gasteiger partial charge in [-0.1, -0.05) is 18.2 Å². The van der Waals surface area contributed by atoms with Crippen molar-refractivity contribution in [2.75, 3.05) is 18.8 Å². The first-order chi connectivity index (χ1) is 16.5. The highest BCUT2D eigenvalue weighted by Gasteiger charge is 2.43. The topological polar surface area (TPSA) is 250 Å². The number of hydrogen-bond donors (Lipinski definition) is 5. The molecule has 1 aliphatic heterocycles. The van der Waals surface area contributed by atoms with Gasteiger partial charge in [0.25, 0.3) is 0 Å². The number of sulfone groups is 1. The maximum Gasteiger partial charge on any atom is 0.314 e. The fraction of sp³-hybridized carbons (Fsp3) is 0.167. The molecule has 0 spiro atoms. The number of primary sulfonamides is 1. The third-order valence-electron chi connectivity index (χ3n) is 5.70. The summed E-state index contributed by atoms with van der Waals surface area (Å²) >= 11 is 0. The predicted molar refractivity (Wildman–Crippen MR) is 123 cm³/mol. The van der Waals surface area contributed by atoms with Crippen LogP contribution in [0.3, 0.4) is 0 Å².